The zero-order valence-corrected chi connectivity index (χ0v) is 16.7. The van der Waals surface area contributed by atoms with Gasteiger partial charge in [0.15, 0.2) is 11.5 Å². The molecule has 2 heterocycles. The number of alkyl halides is 3. The quantitative estimate of drug-likeness (QED) is 0.275. The fraction of sp³-hybridized carbons (Fsp3) is 0.227. The molecular formula is C22H15F3O7. The average molecular weight is 448 g/mol. The van der Waals surface area contributed by atoms with E-state index in [0.717, 1.165) is 18.2 Å². The molecule has 32 heavy (non-hydrogen) atoms. The zero-order chi connectivity index (χ0) is 23.4. The Morgan fingerprint density at radius 3 is 2.44 bits per heavy atom. The molecule has 1 N–H and O–H groups in total. The predicted octanol–water partition coefficient (Wildman–Crippen LogP) is 4.35. The van der Waals surface area contributed by atoms with Gasteiger partial charge in [-0.15, -0.1) is 13.2 Å². The van der Waals surface area contributed by atoms with Crippen molar-refractivity contribution in [1.29, 1.82) is 0 Å². The third kappa shape index (κ3) is 3.68. The molecule has 1 atom stereocenters. The Labute approximate surface area is 178 Å². The number of halogens is 3. The number of phenolic OH excluding ortho intramolecular Hbond substituents is 1. The molecule has 3 aromatic rings. The molecule has 1 aromatic heterocycles. The lowest BCUT2D eigenvalue weighted by molar-refractivity contribution is -0.274. The molecule has 1 aliphatic rings. The van der Waals surface area contributed by atoms with E-state index in [9.17, 15) is 32.7 Å². The van der Waals surface area contributed by atoms with Gasteiger partial charge >= 0.3 is 18.0 Å². The van der Waals surface area contributed by atoms with E-state index in [0.29, 0.717) is 11.1 Å². The fourth-order valence-corrected chi connectivity index (χ4v) is 3.92. The van der Waals surface area contributed by atoms with Crippen LogP contribution in [0, 0.1) is 6.92 Å². The van der Waals surface area contributed by atoms with Crippen LogP contribution in [0.2, 0.25) is 0 Å². The van der Waals surface area contributed by atoms with Gasteiger partial charge in [0.25, 0.3) is 0 Å². The highest BCUT2D eigenvalue weighted by Gasteiger charge is 2.37. The molecule has 0 spiro atoms. The second-order valence-electron chi connectivity index (χ2n) is 7.32. The number of hydrogen-bond acceptors (Lipinski definition) is 7. The van der Waals surface area contributed by atoms with E-state index in [2.05, 4.69) is 4.74 Å². The summed E-state index contributed by atoms with van der Waals surface area (Å²) in [5, 5.41) is 10.8. The van der Waals surface area contributed by atoms with Gasteiger partial charge in [-0.3, -0.25) is 9.59 Å². The molecule has 4 rings (SSSR count). The lowest BCUT2D eigenvalue weighted by Gasteiger charge is -2.28. The van der Waals surface area contributed by atoms with Crippen LogP contribution in [0.3, 0.4) is 0 Å². The highest BCUT2D eigenvalue weighted by Crippen LogP contribution is 2.49. The minimum atomic E-state index is -4.87. The summed E-state index contributed by atoms with van der Waals surface area (Å²) < 4.78 is 51.9. The Balaban J connectivity index is 1.99. The van der Waals surface area contributed by atoms with Crippen molar-refractivity contribution in [3.05, 3.63) is 63.0 Å². The smallest absolute Gasteiger partial charge is 0.506 e. The second kappa shape index (κ2) is 7.40. The number of ether oxygens (including phenoxy) is 2. The largest absolute Gasteiger partial charge is 0.573 e. The molecule has 0 saturated heterocycles. The second-order valence-corrected chi connectivity index (χ2v) is 7.32. The summed E-state index contributed by atoms with van der Waals surface area (Å²) in [5.74, 6) is -3.33. The van der Waals surface area contributed by atoms with Crippen LogP contribution in [0.5, 0.6) is 17.2 Å². The van der Waals surface area contributed by atoms with Crippen molar-refractivity contribution in [2.75, 3.05) is 0 Å². The number of phenols is 1. The molecule has 2 aromatic carbocycles. The first-order valence-electron chi connectivity index (χ1n) is 9.37. The molecule has 10 heteroatoms. The van der Waals surface area contributed by atoms with Crippen LogP contribution < -0.4 is 15.1 Å². The molecular weight excluding hydrogens is 433 g/mol. The van der Waals surface area contributed by atoms with E-state index in [-0.39, 0.29) is 34.3 Å². The van der Waals surface area contributed by atoms with Crippen LogP contribution in [-0.2, 0) is 4.79 Å². The third-order valence-corrected chi connectivity index (χ3v) is 5.15. The van der Waals surface area contributed by atoms with Crippen molar-refractivity contribution in [2.24, 2.45) is 0 Å². The van der Waals surface area contributed by atoms with E-state index in [4.69, 9.17) is 9.15 Å². The first-order chi connectivity index (χ1) is 15.0. The number of fused-ring (bicyclic) bond motifs is 3. The normalized spacial score (nSPS) is 15.9. The van der Waals surface area contributed by atoms with E-state index in [1.807, 2.05) is 0 Å². The number of ketones is 1. The van der Waals surface area contributed by atoms with Gasteiger partial charge in [0.2, 0.25) is 0 Å². The highest BCUT2D eigenvalue weighted by molar-refractivity contribution is 6.09. The van der Waals surface area contributed by atoms with Gasteiger partial charge in [0.1, 0.15) is 22.6 Å². The van der Waals surface area contributed by atoms with E-state index in [1.54, 1.807) is 6.92 Å². The molecule has 7 nitrogen and oxygen atoms in total. The van der Waals surface area contributed by atoms with Crippen LogP contribution >= 0.6 is 0 Å². The Kier molecular flexibility index (Phi) is 4.95. The van der Waals surface area contributed by atoms with Gasteiger partial charge in [-0.25, -0.2) is 4.79 Å². The Hall–Kier alpha value is -3.82. The molecule has 166 valence electrons. The molecule has 0 amide bonds. The Morgan fingerprint density at radius 2 is 1.84 bits per heavy atom. The monoisotopic (exact) mass is 448 g/mol. The summed E-state index contributed by atoms with van der Waals surface area (Å²) >= 11 is 0. The first kappa shape index (κ1) is 21.4. The average Bonchev–Trinajstić information content (AvgIpc) is 2.65. The van der Waals surface area contributed by atoms with E-state index in [1.165, 1.54) is 19.1 Å². The first-order valence-corrected chi connectivity index (χ1v) is 9.37. The number of hydrogen-bond donors (Lipinski definition) is 1. The van der Waals surface area contributed by atoms with Crippen LogP contribution in [0.1, 0.15) is 46.3 Å². The minimum absolute atomic E-state index is 0.0689. The maximum absolute atomic E-state index is 12.5. The summed E-state index contributed by atoms with van der Waals surface area (Å²) in [6, 6.07) is 5.96. The van der Waals surface area contributed by atoms with Crippen molar-refractivity contribution >= 4 is 22.7 Å². The van der Waals surface area contributed by atoms with Crippen molar-refractivity contribution in [3.63, 3.8) is 0 Å². The van der Waals surface area contributed by atoms with Gasteiger partial charge in [-0.1, -0.05) is 12.1 Å². The number of benzene rings is 2. The number of Topliss-reactive ketones (excluding diaryl/α,β-unsaturated/α-hetero) is 1. The zero-order valence-electron chi connectivity index (χ0n) is 16.7. The topological polar surface area (TPSA) is 103 Å². The third-order valence-electron chi connectivity index (χ3n) is 5.15. The molecule has 0 fully saturated rings. The summed E-state index contributed by atoms with van der Waals surface area (Å²) in [5.41, 5.74) is -0.142. The summed E-state index contributed by atoms with van der Waals surface area (Å²) in [6.07, 6.45) is -5.10. The van der Waals surface area contributed by atoms with Gasteiger partial charge in [0.05, 0.1) is 11.8 Å². The fourth-order valence-electron chi connectivity index (χ4n) is 3.92. The Bertz CT molecular complexity index is 1320. The van der Waals surface area contributed by atoms with Crippen molar-refractivity contribution in [3.8, 4) is 17.2 Å². The van der Waals surface area contributed by atoms with Gasteiger partial charge < -0.3 is 19.0 Å². The van der Waals surface area contributed by atoms with E-state index < -0.39 is 41.2 Å². The van der Waals surface area contributed by atoms with Crippen LogP contribution in [-0.4, -0.2) is 23.2 Å². The summed E-state index contributed by atoms with van der Waals surface area (Å²) in [7, 11) is 0. The van der Waals surface area contributed by atoms with Crippen LogP contribution in [0.15, 0.2) is 39.5 Å². The molecule has 1 aliphatic heterocycles. The summed E-state index contributed by atoms with van der Waals surface area (Å²) in [4.78, 5) is 36.7. The Morgan fingerprint density at radius 1 is 1.19 bits per heavy atom. The number of aromatic hydroxyl groups is 1. The van der Waals surface area contributed by atoms with Crippen LogP contribution in [0.4, 0.5) is 13.2 Å². The predicted molar refractivity (Wildman–Crippen MR) is 104 cm³/mol. The van der Waals surface area contributed by atoms with Crippen LogP contribution in [0.25, 0.3) is 11.0 Å². The maximum Gasteiger partial charge on any atom is 0.573 e. The van der Waals surface area contributed by atoms with Crippen molar-refractivity contribution in [2.45, 2.75) is 32.5 Å². The maximum atomic E-state index is 12.5. The number of carbonyl (C=O) groups is 2. The summed E-state index contributed by atoms with van der Waals surface area (Å²) in [6.45, 7) is 2.72. The lowest BCUT2D eigenvalue weighted by atomic mass is 9.83. The highest BCUT2D eigenvalue weighted by atomic mass is 19.4. The SMILES string of the molecule is CC(=O)c1c2c(c3oc(=O)cc(C)c3c1O)[C@H](c1ccc(OC(F)(F)F)cc1)CC(=O)O2. The molecule has 0 radical (unpaired) electrons. The number of carbonyl (C=O) groups excluding carboxylic acids is 2. The van der Waals surface area contributed by atoms with Crippen molar-refractivity contribution < 1.29 is 41.8 Å². The number of aryl methyl sites for hydroxylation is 1. The van der Waals surface area contributed by atoms with Gasteiger partial charge in [-0.2, -0.15) is 0 Å². The lowest BCUT2D eigenvalue weighted by Crippen LogP contribution is -2.24. The standard InChI is InChI=1S/C22H15F3O7/c1-9-7-14(27)30-20-16(9)19(29)17(10(2)26)21-18(20)13(8-15(28)31-21)11-3-5-12(6-4-11)32-22(23,24)25/h3-7,13,29H,8H2,1-2H3/t13-/m0/s1. The minimum Gasteiger partial charge on any atom is -0.506 e. The van der Waals surface area contributed by atoms with Gasteiger partial charge in [-0.05, 0) is 37.1 Å². The molecule has 0 saturated carbocycles. The molecule has 0 bridgehead atoms. The molecule has 0 aliphatic carbocycles. The number of esters is 1. The molecule has 0 unspecified atom stereocenters. The van der Waals surface area contributed by atoms with E-state index >= 15 is 0 Å². The number of rotatable bonds is 3. The van der Waals surface area contributed by atoms with Gasteiger partial charge in [0, 0.05) is 17.5 Å². The van der Waals surface area contributed by atoms with Crippen molar-refractivity contribution in [1.82, 2.24) is 0 Å².